The number of benzene rings is 1. The van der Waals surface area contributed by atoms with Crippen LogP contribution in [-0.2, 0) is 11.2 Å². The smallest absolute Gasteiger partial charge is 0.261 e. The van der Waals surface area contributed by atoms with Crippen molar-refractivity contribution < 1.29 is 9.13 Å². The quantitative estimate of drug-likeness (QED) is 0.711. The molecule has 1 fully saturated rings. The van der Waals surface area contributed by atoms with Crippen molar-refractivity contribution in [2.24, 2.45) is 0 Å². The van der Waals surface area contributed by atoms with Crippen molar-refractivity contribution in [3.63, 3.8) is 0 Å². The Balaban J connectivity index is 1.87. The molecule has 3 N–H and O–H groups in total. The Morgan fingerprint density at radius 1 is 1.44 bits per heavy atom. The number of aromatic amines is 1. The van der Waals surface area contributed by atoms with Crippen LogP contribution in [0.5, 0.6) is 0 Å². The van der Waals surface area contributed by atoms with Gasteiger partial charge in [-0.2, -0.15) is 0 Å². The van der Waals surface area contributed by atoms with Crippen LogP contribution in [0.3, 0.4) is 0 Å². The topological polar surface area (TPSA) is 90.9 Å². The van der Waals surface area contributed by atoms with Gasteiger partial charge in [-0.25, -0.2) is 9.37 Å². The number of halogens is 2. The maximum atomic E-state index is 13.3. The predicted molar refractivity (Wildman–Crippen MR) is 94.4 cm³/mol. The van der Waals surface area contributed by atoms with Crippen LogP contribution in [0.25, 0.3) is 0 Å². The Bertz CT molecular complexity index is 834. The molecule has 132 valence electrons. The zero-order chi connectivity index (χ0) is 17.8. The molecule has 1 aliphatic heterocycles. The summed E-state index contributed by atoms with van der Waals surface area (Å²) in [6, 6.07) is 4.53. The van der Waals surface area contributed by atoms with E-state index in [9.17, 15) is 9.18 Å². The van der Waals surface area contributed by atoms with Crippen molar-refractivity contribution in [2.45, 2.75) is 25.3 Å². The van der Waals surface area contributed by atoms with Crippen LogP contribution < -0.4 is 10.9 Å². The number of ether oxygens (including phenoxy) is 1. The lowest BCUT2D eigenvalue weighted by Crippen LogP contribution is -2.30. The summed E-state index contributed by atoms with van der Waals surface area (Å²) < 4.78 is 18.6. The molecule has 0 spiro atoms. The standard InChI is InChI=1S/C17H18ClFN4O2/c18-13-7-10(1-2-14(13)19)8-15-22-16(12(9-20)17(24)23-15)21-11-3-5-25-6-4-11/h1-2,7,9,11,20H,3-6,8H2,(H2,21,22,23,24). The maximum absolute atomic E-state index is 13.3. The fourth-order valence-electron chi connectivity index (χ4n) is 2.73. The van der Waals surface area contributed by atoms with E-state index in [2.05, 4.69) is 15.3 Å². The van der Waals surface area contributed by atoms with Crippen LogP contribution in [0.1, 0.15) is 29.8 Å². The van der Waals surface area contributed by atoms with Crippen LogP contribution in [-0.4, -0.2) is 35.4 Å². The van der Waals surface area contributed by atoms with Crippen molar-refractivity contribution in [3.8, 4) is 0 Å². The van der Waals surface area contributed by atoms with Crippen LogP contribution in [0.15, 0.2) is 23.0 Å². The van der Waals surface area contributed by atoms with Crippen LogP contribution in [0.4, 0.5) is 10.2 Å². The van der Waals surface area contributed by atoms with Gasteiger partial charge in [-0.05, 0) is 30.5 Å². The number of nitrogens with zero attached hydrogens (tertiary/aromatic N) is 1. The Morgan fingerprint density at radius 3 is 2.88 bits per heavy atom. The average molecular weight is 365 g/mol. The lowest BCUT2D eigenvalue weighted by Gasteiger charge is -2.24. The Labute approximate surface area is 148 Å². The van der Waals surface area contributed by atoms with Gasteiger partial charge in [0.25, 0.3) is 5.56 Å². The molecular formula is C17H18ClFN4O2. The van der Waals surface area contributed by atoms with E-state index in [-0.39, 0.29) is 22.2 Å². The first-order valence-corrected chi connectivity index (χ1v) is 8.36. The van der Waals surface area contributed by atoms with E-state index in [0.29, 0.717) is 31.3 Å². The Hall–Kier alpha value is -2.25. The fourth-order valence-corrected chi connectivity index (χ4v) is 2.94. The fraction of sp³-hybridized carbons (Fsp3) is 0.353. The van der Waals surface area contributed by atoms with Crippen LogP contribution in [0.2, 0.25) is 5.02 Å². The highest BCUT2D eigenvalue weighted by Gasteiger charge is 2.17. The molecule has 0 bridgehead atoms. The van der Waals surface area contributed by atoms with Gasteiger partial charge in [0.05, 0.1) is 10.6 Å². The second-order valence-corrected chi connectivity index (χ2v) is 6.28. The third-order valence-corrected chi connectivity index (χ3v) is 4.36. The maximum Gasteiger partial charge on any atom is 0.261 e. The lowest BCUT2D eigenvalue weighted by atomic mass is 10.1. The molecule has 25 heavy (non-hydrogen) atoms. The Morgan fingerprint density at radius 2 is 2.20 bits per heavy atom. The predicted octanol–water partition coefficient (Wildman–Crippen LogP) is 2.74. The van der Waals surface area contributed by atoms with E-state index in [4.69, 9.17) is 21.7 Å². The number of rotatable bonds is 5. The second-order valence-electron chi connectivity index (χ2n) is 5.88. The van der Waals surface area contributed by atoms with Crippen molar-refractivity contribution in [2.75, 3.05) is 18.5 Å². The number of H-pyrrole nitrogens is 1. The van der Waals surface area contributed by atoms with Gasteiger partial charge in [0.15, 0.2) is 0 Å². The van der Waals surface area contributed by atoms with Crippen molar-refractivity contribution in [3.05, 3.63) is 56.3 Å². The van der Waals surface area contributed by atoms with Crippen LogP contribution >= 0.6 is 11.6 Å². The van der Waals surface area contributed by atoms with E-state index in [1.165, 1.54) is 12.1 Å². The molecule has 8 heteroatoms. The summed E-state index contributed by atoms with van der Waals surface area (Å²) in [5.41, 5.74) is 0.532. The Kier molecular flexibility index (Phi) is 5.45. The van der Waals surface area contributed by atoms with Gasteiger partial charge in [0.2, 0.25) is 0 Å². The summed E-state index contributed by atoms with van der Waals surface area (Å²) in [5, 5.41) is 10.7. The molecule has 0 atom stereocenters. The molecule has 0 aliphatic carbocycles. The lowest BCUT2D eigenvalue weighted by molar-refractivity contribution is 0.0904. The number of nitrogens with one attached hydrogen (secondary N) is 3. The first-order valence-electron chi connectivity index (χ1n) is 7.98. The SMILES string of the molecule is N=Cc1c(NC2CCOCC2)nc(Cc2ccc(F)c(Cl)c2)[nH]c1=O. The van der Waals surface area contributed by atoms with Crippen molar-refractivity contribution >= 4 is 23.6 Å². The number of hydrogen-bond donors (Lipinski definition) is 3. The van der Waals surface area contributed by atoms with Gasteiger partial charge in [0.1, 0.15) is 17.5 Å². The molecule has 3 rings (SSSR count). The monoisotopic (exact) mass is 364 g/mol. The zero-order valence-electron chi connectivity index (χ0n) is 13.4. The minimum Gasteiger partial charge on any atom is -0.381 e. The van der Waals surface area contributed by atoms with E-state index >= 15 is 0 Å². The summed E-state index contributed by atoms with van der Waals surface area (Å²) in [6.45, 7) is 1.31. The number of anilines is 1. The van der Waals surface area contributed by atoms with E-state index in [1.54, 1.807) is 6.07 Å². The third kappa shape index (κ3) is 4.24. The highest BCUT2D eigenvalue weighted by atomic mass is 35.5. The zero-order valence-corrected chi connectivity index (χ0v) is 14.2. The van der Waals surface area contributed by atoms with Gasteiger partial charge in [-0.15, -0.1) is 0 Å². The van der Waals surface area contributed by atoms with Gasteiger partial charge in [-0.3, -0.25) is 4.79 Å². The van der Waals surface area contributed by atoms with Gasteiger partial charge in [0, 0.05) is 31.9 Å². The molecule has 6 nitrogen and oxygen atoms in total. The first-order chi connectivity index (χ1) is 12.1. The second kappa shape index (κ2) is 7.76. The summed E-state index contributed by atoms with van der Waals surface area (Å²) in [4.78, 5) is 19.4. The molecule has 0 radical (unpaired) electrons. The molecule has 1 aromatic heterocycles. The average Bonchev–Trinajstić information content (AvgIpc) is 2.59. The normalized spacial score (nSPS) is 15.1. The van der Waals surface area contributed by atoms with Crippen molar-refractivity contribution in [1.29, 1.82) is 5.41 Å². The summed E-state index contributed by atoms with van der Waals surface area (Å²) in [7, 11) is 0. The number of hydrogen-bond acceptors (Lipinski definition) is 5. The minimum absolute atomic E-state index is 0.0245. The number of aromatic nitrogens is 2. The van der Waals surface area contributed by atoms with E-state index in [1.807, 2.05) is 0 Å². The van der Waals surface area contributed by atoms with Gasteiger partial charge < -0.3 is 20.4 Å². The summed E-state index contributed by atoms with van der Waals surface area (Å²) >= 11 is 5.80. The van der Waals surface area contributed by atoms with Crippen molar-refractivity contribution in [1.82, 2.24) is 9.97 Å². The van der Waals surface area contributed by atoms with Crippen LogP contribution in [0, 0.1) is 11.2 Å². The highest BCUT2D eigenvalue weighted by Crippen LogP contribution is 2.19. The summed E-state index contributed by atoms with van der Waals surface area (Å²) in [5.74, 6) is 0.314. The molecule has 0 saturated carbocycles. The molecule has 1 aromatic carbocycles. The molecule has 1 saturated heterocycles. The molecule has 0 amide bonds. The molecular weight excluding hydrogens is 347 g/mol. The summed E-state index contributed by atoms with van der Waals surface area (Å²) in [6.07, 6.45) is 2.92. The van der Waals surface area contributed by atoms with E-state index in [0.717, 1.165) is 24.6 Å². The highest BCUT2D eigenvalue weighted by molar-refractivity contribution is 6.30. The van der Waals surface area contributed by atoms with Gasteiger partial charge >= 0.3 is 0 Å². The molecule has 1 aliphatic rings. The largest absolute Gasteiger partial charge is 0.381 e. The first kappa shape index (κ1) is 17.6. The van der Waals surface area contributed by atoms with E-state index < -0.39 is 5.82 Å². The molecule has 0 unspecified atom stereocenters. The molecule has 2 aromatic rings. The third-order valence-electron chi connectivity index (χ3n) is 4.07. The van der Waals surface area contributed by atoms with Gasteiger partial charge in [-0.1, -0.05) is 17.7 Å². The minimum atomic E-state index is -0.493. The molecule has 2 heterocycles.